The molecule has 0 heterocycles. The summed E-state index contributed by atoms with van der Waals surface area (Å²) in [5, 5.41) is 11.8. The molecule has 1 aromatic carbocycles. The number of hydrogen-bond donors (Lipinski definition) is 1. The number of carbonyl (C=O) groups is 1. The van der Waals surface area contributed by atoms with Crippen LogP contribution in [0.25, 0.3) is 0 Å². The number of nitrogens with one attached hydrogen (secondary N) is 1. The van der Waals surface area contributed by atoms with Crippen LogP contribution < -0.4 is 5.32 Å². The molecular formula is C15H15BrN2O. The number of nitrogens with zero attached hydrogens (tertiary/aromatic N) is 1. The lowest BCUT2D eigenvalue weighted by Gasteiger charge is -2.06. The Morgan fingerprint density at radius 3 is 2.74 bits per heavy atom. The van der Waals surface area contributed by atoms with Gasteiger partial charge in [-0.1, -0.05) is 28.1 Å². The Balaban J connectivity index is 1.85. The molecule has 0 saturated heterocycles. The second-order valence-electron chi connectivity index (χ2n) is 4.60. The molecule has 1 amide bonds. The van der Waals surface area contributed by atoms with Gasteiger partial charge in [0.2, 0.25) is 5.91 Å². The molecule has 0 fully saturated rings. The first-order valence-corrected chi connectivity index (χ1v) is 7.15. The second kappa shape index (κ2) is 6.53. The number of amides is 1. The molecular weight excluding hydrogens is 304 g/mol. The maximum absolute atomic E-state index is 11.8. The molecule has 1 aliphatic rings. The quantitative estimate of drug-likeness (QED) is 0.924. The Kier molecular flexibility index (Phi) is 4.75. The Morgan fingerprint density at radius 2 is 2.05 bits per heavy atom. The van der Waals surface area contributed by atoms with Crippen molar-refractivity contribution in [2.45, 2.75) is 32.1 Å². The van der Waals surface area contributed by atoms with Crippen LogP contribution in [0.5, 0.6) is 0 Å². The first-order chi connectivity index (χ1) is 9.19. The first kappa shape index (κ1) is 13.8. The van der Waals surface area contributed by atoms with Gasteiger partial charge in [0.1, 0.15) is 0 Å². The summed E-state index contributed by atoms with van der Waals surface area (Å²) in [6, 6.07) is 10.1. The van der Waals surface area contributed by atoms with Crippen LogP contribution in [0, 0.1) is 11.3 Å². The van der Waals surface area contributed by atoms with Gasteiger partial charge in [0.15, 0.2) is 0 Å². The summed E-state index contributed by atoms with van der Waals surface area (Å²) in [7, 11) is 0. The van der Waals surface area contributed by atoms with Gasteiger partial charge in [-0.05, 0) is 43.4 Å². The normalized spacial score (nSPS) is 14.3. The van der Waals surface area contributed by atoms with E-state index in [0.29, 0.717) is 12.8 Å². The highest BCUT2D eigenvalue weighted by Crippen LogP contribution is 2.23. The number of aryl methyl sites for hydroxylation is 1. The molecule has 0 spiro atoms. The van der Waals surface area contributed by atoms with Gasteiger partial charge in [-0.25, -0.2) is 0 Å². The Labute approximate surface area is 121 Å². The average molecular weight is 319 g/mol. The van der Waals surface area contributed by atoms with Crippen molar-refractivity contribution in [3.8, 4) is 6.07 Å². The minimum atomic E-state index is -0.00688. The molecule has 0 bridgehead atoms. The molecule has 1 aromatic rings. The number of benzene rings is 1. The van der Waals surface area contributed by atoms with E-state index in [0.717, 1.165) is 40.6 Å². The van der Waals surface area contributed by atoms with E-state index in [2.05, 4.69) is 27.3 Å². The van der Waals surface area contributed by atoms with Gasteiger partial charge in [0.25, 0.3) is 0 Å². The number of nitriles is 1. The molecule has 4 heteroatoms. The zero-order valence-corrected chi connectivity index (χ0v) is 12.2. The zero-order chi connectivity index (χ0) is 13.7. The third-order valence-electron chi connectivity index (χ3n) is 3.20. The fourth-order valence-corrected chi connectivity index (χ4v) is 2.41. The predicted octanol–water partition coefficient (Wildman–Crippen LogP) is 3.46. The van der Waals surface area contributed by atoms with Crippen molar-refractivity contribution in [1.82, 2.24) is 5.32 Å². The molecule has 0 radical (unpaired) electrons. The van der Waals surface area contributed by atoms with Crippen LogP contribution in [0.15, 0.2) is 40.0 Å². The molecule has 0 unspecified atom stereocenters. The van der Waals surface area contributed by atoms with Gasteiger partial charge < -0.3 is 5.32 Å². The summed E-state index contributed by atoms with van der Waals surface area (Å²) in [5.41, 5.74) is 2.69. The molecule has 19 heavy (non-hydrogen) atoms. The topological polar surface area (TPSA) is 52.9 Å². The van der Waals surface area contributed by atoms with Crippen molar-refractivity contribution in [3.05, 3.63) is 45.6 Å². The lowest BCUT2D eigenvalue weighted by Crippen LogP contribution is -2.22. The third-order valence-corrected chi connectivity index (χ3v) is 3.73. The van der Waals surface area contributed by atoms with E-state index in [1.54, 1.807) is 0 Å². The summed E-state index contributed by atoms with van der Waals surface area (Å²) >= 11 is 3.38. The molecule has 0 aliphatic heterocycles. The standard InChI is InChI=1S/C15H15BrN2O/c16-13-7-4-11(5-8-13)6-9-15(19)18-14-3-1-2-12(14)10-17/h4-5,7-8H,1-3,6,9H2,(H,18,19). The lowest BCUT2D eigenvalue weighted by atomic mass is 10.1. The van der Waals surface area contributed by atoms with Gasteiger partial charge in [-0.15, -0.1) is 0 Å². The van der Waals surface area contributed by atoms with E-state index in [-0.39, 0.29) is 5.91 Å². The van der Waals surface area contributed by atoms with Gasteiger partial charge in [-0.3, -0.25) is 4.79 Å². The number of hydrogen-bond acceptors (Lipinski definition) is 2. The van der Waals surface area contributed by atoms with Crippen LogP contribution in [0.2, 0.25) is 0 Å². The highest BCUT2D eigenvalue weighted by atomic mass is 79.9. The van der Waals surface area contributed by atoms with Crippen LogP contribution in [0.3, 0.4) is 0 Å². The first-order valence-electron chi connectivity index (χ1n) is 6.35. The second-order valence-corrected chi connectivity index (χ2v) is 5.51. The van der Waals surface area contributed by atoms with E-state index in [1.807, 2.05) is 24.3 Å². The molecule has 1 aliphatic carbocycles. The van der Waals surface area contributed by atoms with Crippen molar-refractivity contribution in [3.63, 3.8) is 0 Å². The van der Waals surface area contributed by atoms with E-state index in [4.69, 9.17) is 5.26 Å². The van der Waals surface area contributed by atoms with Crippen molar-refractivity contribution in [2.24, 2.45) is 0 Å². The molecule has 0 atom stereocenters. The van der Waals surface area contributed by atoms with Crippen LogP contribution in [0.1, 0.15) is 31.2 Å². The van der Waals surface area contributed by atoms with Crippen molar-refractivity contribution in [1.29, 1.82) is 5.26 Å². The van der Waals surface area contributed by atoms with Gasteiger partial charge in [0, 0.05) is 22.2 Å². The third kappa shape index (κ3) is 3.93. The van der Waals surface area contributed by atoms with Crippen molar-refractivity contribution in [2.75, 3.05) is 0 Å². The van der Waals surface area contributed by atoms with Crippen molar-refractivity contribution < 1.29 is 4.79 Å². The minimum absolute atomic E-state index is 0.00688. The highest BCUT2D eigenvalue weighted by molar-refractivity contribution is 9.10. The van der Waals surface area contributed by atoms with E-state index < -0.39 is 0 Å². The Hall–Kier alpha value is -1.60. The monoisotopic (exact) mass is 318 g/mol. The van der Waals surface area contributed by atoms with Crippen molar-refractivity contribution >= 4 is 21.8 Å². The van der Waals surface area contributed by atoms with Crippen LogP contribution >= 0.6 is 15.9 Å². The fraction of sp³-hybridized carbons (Fsp3) is 0.333. The number of allylic oxidation sites excluding steroid dienone is 2. The van der Waals surface area contributed by atoms with Gasteiger partial charge in [0.05, 0.1) is 6.07 Å². The van der Waals surface area contributed by atoms with E-state index in [9.17, 15) is 4.79 Å². The average Bonchev–Trinajstić information content (AvgIpc) is 2.85. The molecule has 3 nitrogen and oxygen atoms in total. The zero-order valence-electron chi connectivity index (χ0n) is 10.6. The van der Waals surface area contributed by atoms with E-state index in [1.165, 1.54) is 0 Å². The molecule has 98 valence electrons. The summed E-state index contributed by atoms with van der Waals surface area (Å²) < 4.78 is 1.04. The smallest absolute Gasteiger partial charge is 0.224 e. The van der Waals surface area contributed by atoms with E-state index >= 15 is 0 Å². The predicted molar refractivity (Wildman–Crippen MR) is 77.1 cm³/mol. The number of carbonyl (C=O) groups excluding carboxylic acids is 1. The van der Waals surface area contributed by atoms with Crippen LogP contribution in [-0.4, -0.2) is 5.91 Å². The number of rotatable bonds is 4. The van der Waals surface area contributed by atoms with Gasteiger partial charge in [-0.2, -0.15) is 5.26 Å². The largest absolute Gasteiger partial charge is 0.329 e. The molecule has 1 N–H and O–H groups in total. The molecule has 2 rings (SSSR count). The SMILES string of the molecule is N#CC1=C(NC(=O)CCc2ccc(Br)cc2)CCC1. The summed E-state index contributed by atoms with van der Waals surface area (Å²) in [6.45, 7) is 0. The maximum atomic E-state index is 11.8. The summed E-state index contributed by atoms with van der Waals surface area (Å²) in [6.07, 6.45) is 3.73. The molecule has 0 aromatic heterocycles. The maximum Gasteiger partial charge on any atom is 0.224 e. The lowest BCUT2D eigenvalue weighted by molar-refractivity contribution is -0.120. The Morgan fingerprint density at radius 1 is 1.32 bits per heavy atom. The van der Waals surface area contributed by atoms with Crippen LogP contribution in [-0.2, 0) is 11.2 Å². The fourth-order valence-electron chi connectivity index (χ4n) is 2.14. The Bertz CT molecular complexity index is 540. The van der Waals surface area contributed by atoms with Gasteiger partial charge >= 0.3 is 0 Å². The molecule has 0 saturated carbocycles. The summed E-state index contributed by atoms with van der Waals surface area (Å²) in [4.78, 5) is 11.8. The van der Waals surface area contributed by atoms with Crippen LogP contribution in [0.4, 0.5) is 0 Å². The number of halogens is 1. The highest BCUT2D eigenvalue weighted by Gasteiger charge is 2.16. The minimum Gasteiger partial charge on any atom is -0.329 e. The summed E-state index contributed by atoms with van der Waals surface area (Å²) in [5.74, 6) is -0.00688.